The van der Waals surface area contributed by atoms with Gasteiger partial charge in [0.05, 0.1) is 11.4 Å². The van der Waals surface area contributed by atoms with E-state index in [9.17, 15) is 0 Å². The highest BCUT2D eigenvalue weighted by Gasteiger charge is 2.07. The maximum absolute atomic E-state index is 4.18. The Balaban J connectivity index is 2.47. The van der Waals surface area contributed by atoms with Crippen LogP contribution in [0, 0.1) is 6.92 Å². The van der Waals surface area contributed by atoms with Crippen molar-refractivity contribution in [1.82, 2.24) is 15.5 Å². The van der Waals surface area contributed by atoms with E-state index >= 15 is 0 Å². The smallest absolute Gasteiger partial charge is 0.0646 e. The molecule has 84 valence electrons. The van der Waals surface area contributed by atoms with Gasteiger partial charge in [-0.3, -0.25) is 0 Å². The molecule has 1 aromatic heterocycles. The molecule has 0 aliphatic carbocycles. The Hall–Kier alpha value is -0.960. The van der Waals surface area contributed by atoms with Crippen LogP contribution in [0.15, 0.2) is 12.1 Å². The van der Waals surface area contributed by atoms with E-state index in [2.05, 4.69) is 35.4 Å². The van der Waals surface area contributed by atoms with Crippen molar-refractivity contribution in [2.45, 2.75) is 46.1 Å². The number of nitrogens with one attached hydrogen (secondary N) is 1. The Kier molecular flexibility index (Phi) is 5.26. The first kappa shape index (κ1) is 12.1. The number of aryl methyl sites for hydroxylation is 1. The van der Waals surface area contributed by atoms with Crippen molar-refractivity contribution in [3.05, 3.63) is 23.5 Å². The van der Waals surface area contributed by atoms with Crippen molar-refractivity contribution in [2.24, 2.45) is 0 Å². The summed E-state index contributed by atoms with van der Waals surface area (Å²) < 4.78 is 0. The molecule has 0 amide bonds. The van der Waals surface area contributed by atoms with Crippen molar-refractivity contribution in [2.75, 3.05) is 6.54 Å². The molecule has 3 nitrogen and oxygen atoms in total. The van der Waals surface area contributed by atoms with Gasteiger partial charge in [0.25, 0.3) is 0 Å². The normalized spacial score (nSPS) is 12.7. The molecule has 0 saturated carbocycles. The Morgan fingerprint density at radius 3 is 2.60 bits per heavy atom. The van der Waals surface area contributed by atoms with Crippen LogP contribution in [0.25, 0.3) is 0 Å². The van der Waals surface area contributed by atoms with Gasteiger partial charge in [0, 0.05) is 12.5 Å². The highest BCUT2D eigenvalue weighted by Crippen LogP contribution is 2.02. The number of hydrogen-bond donors (Lipinski definition) is 1. The molecule has 0 saturated heterocycles. The molecule has 1 atom stereocenters. The molecule has 1 aromatic rings. The van der Waals surface area contributed by atoms with Gasteiger partial charge in [-0.2, -0.15) is 10.2 Å². The van der Waals surface area contributed by atoms with E-state index in [1.165, 1.54) is 6.42 Å². The zero-order chi connectivity index (χ0) is 11.1. The minimum Gasteiger partial charge on any atom is -0.314 e. The first-order valence-electron chi connectivity index (χ1n) is 5.78. The molecule has 0 aromatic carbocycles. The maximum atomic E-state index is 4.18. The Labute approximate surface area is 92.3 Å². The Bertz CT molecular complexity index is 269. The van der Waals surface area contributed by atoms with Crippen molar-refractivity contribution in [3.63, 3.8) is 0 Å². The fourth-order valence-electron chi connectivity index (χ4n) is 1.50. The second kappa shape index (κ2) is 6.51. The van der Waals surface area contributed by atoms with Gasteiger partial charge in [-0.1, -0.05) is 13.8 Å². The van der Waals surface area contributed by atoms with Crippen molar-refractivity contribution < 1.29 is 0 Å². The monoisotopic (exact) mass is 207 g/mol. The summed E-state index contributed by atoms with van der Waals surface area (Å²) in [4.78, 5) is 0. The van der Waals surface area contributed by atoms with Gasteiger partial charge < -0.3 is 5.32 Å². The fourth-order valence-corrected chi connectivity index (χ4v) is 1.50. The molecule has 1 heterocycles. The summed E-state index contributed by atoms with van der Waals surface area (Å²) in [6, 6.07) is 4.62. The zero-order valence-electron chi connectivity index (χ0n) is 9.95. The molecule has 1 N–H and O–H groups in total. The molecule has 3 heteroatoms. The summed E-state index contributed by atoms with van der Waals surface area (Å²) in [7, 11) is 0. The van der Waals surface area contributed by atoms with Crippen molar-refractivity contribution >= 4 is 0 Å². The fraction of sp³-hybridized carbons (Fsp3) is 0.667. The second-order valence-corrected chi connectivity index (χ2v) is 3.93. The lowest BCUT2D eigenvalue weighted by molar-refractivity contribution is 0.488. The molecule has 0 aliphatic rings. The quantitative estimate of drug-likeness (QED) is 0.776. The Morgan fingerprint density at radius 1 is 1.27 bits per heavy atom. The molecular formula is C12H21N3. The van der Waals surface area contributed by atoms with E-state index in [1.807, 2.05) is 13.0 Å². The molecular weight excluding hydrogens is 186 g/mol. The SMILES string of the molecule is CCCNC(CC)Cc1ccc(C)nn1. The molecule has 0 fully saturated rings. The third kappa shape index (κ3) is 4.38. The van der Waals surface area contributed by atoms with Crippen molar-refractivity contribution in [1.29, 1.82) is 0 Å². The first-order valence-corrected chi connectivity index (χ1v) is 5.78. The Morgan fingerprint density at radius 2 is 2.07 bits per heavy atom. The molecule has 0 bridgehead atoms. The van der Waals surface area contributed by atoms with E-state index in [1.54, 1.807) is 0 Å². The molecule has 0 radical (unpaired) electrons. The van der Waals surface area contributed by atoms with Crippen LogP contribution in [0.4, 0.5) is 0 Å². The van der Waals surface area contributed by atoms with Gasteiger partial charge in [-0.05, 0) is 38.4 Å². The summed E-state index contributed by atoms with van der Waals surface area (Å²) in [5, 5.41) is 11.8. The lowest BCUT2D eigenvalue weighted by atomic mass is 10.1. The number of rotatable bonds is 6. The molecule has 1 rings (SSSR count). The van der Waals surface area contributed by atoms with Gasteiger partial charge in [0.15, 0.2) is 0 Å². The number of aromatic nitrogens is 2. The van der Waals surface area contributed by atoms with E-state index in [0.29, 0.717) is 6.04 Å². The molecule has 15 heavy (non-hydrogen) atoms. The highest BCUT2D eigenvalue weighted by molar-refractivity contribution is 5.06. The van der Waals surface area contributed by atoms with Gasteiger partial charge in [0.1, 0.15) is 0 Å². The zero-order valence-corrected chi connectivity index (χ0v) is 9.95. The summed E-state index contributed by atoms with van der Waals surface area (Å²) in [5.74, 6) is 0. The van der Waals surface area contributed by atoms with E-state index < -0.39 is 0 Å². The topological polar surface area (TPSA) is 37.8 Å². The van der Waals surface area contributed by atoms with Crippen LogP contribution in [-0.4, -0.2) is 22.8 Å². The predicted octanol–water partition coefficient (Wildman–Crippen LogP) is 2.11. The van der Waals surface area contributed by atoms with E-state index in [4.69, 9.17) is 0 Å². The molecule has 0 aliphatic heterocycles. The third-order valence-corrected chi connectivity index (χ3v) is 2.48. The van der Waals surface area contributed by atoms with Gasteiger partial charge >= 0.3 is 0 Å². The minimum absolute atomic E-state index is 0.530. The highest BCUT2D eigenvalue weighted by atomic mass is 15.1. The summed E-state index contributed by atoms with van der Waals surface area (Å²) >= 11 is 0. The van der Waals surface area contributed by atoms with Crippen LogP contribution in [0.1, 0.15) is 38.1 Å². The largest absolute Gasteiger partial charge is 0.314 e. The molecule has 0 spiro atoms. The van der Waals surface area contributed by atoms with Crippen LogP contribution >= 0.6 is 0 Å². The maximum Gasteiger partial charge on any atom is 0.0646 e. The number of hydrogen-bond acceptors (Lipinski definition) is 3. The third-order valence-electron chi connectivity index (χ3n) is 2.48. The number of nitrogens with zero attached hydrogens (tertiary/aromatic N) is 2. The van der Waals surface area contributed by atoms with Crippen LogP contribution < -0.4 is 5.32 Å². The average molecular weight is 207 g/mol. The van der Waals surface area contributed by atoms with E-state index in [-0.39, 0.29) is 0 Å². The van der Waals surface area contributed by atoms with Crippen LogP contribution in [0.3, 0.4) is 0 Å². The second-order valence-electron chi connectivity index (χ2n) is 3.93. The van der Waals surface area contributed by atoms with Gasteiger partial charge in [-0.15, -0.1) is 0 Å². The molecule has 1 unspecified atom stereocenters. The minimum atomic E-state index is 0.530. The average Bonchev–Trinajstić information content (AvgIpc) is 2.27. The van der Waals surface area contributed by atoms with Gasteiger partial charge in [0.2, 0.25) is 0 Å². The van der Waals surface area contributed by atoms with Crippen LogP contribution in [0.5, 0.6) is 0 Å². The van der Waals surface area contributed by atoms with Crippen LogP contribution in [0.2, 0.25) is 0 Å². The van der Waals surface area contributed by atoms with Gasteiger partial charge in [-0.25, -0.2) is 0 Å². The lowest BCUT2D eigenvalue weighted by Gasteiger charge is -2.15. The van der Waals surface area contributed by atoms with E-state index in [0.717, 1.165) is 30.8 Å². The van der Waals surface area contributed by atoms with Crippen molar-refractivity contribution in [3.8, 4) is 0 Å². The summed E-state index contributed by atoms with van der Waals surface area (Å²) in [6.45, 7) is 7.43. The standard InChI is InChI=1S/C12H21N3/c1-4-8-13-11(5-2)9-12-7-6-10(3)14-15-12/h6-7,11,13H,4-5,8-9H2,1-3H3. The summed E-state index contributed by atoms with van der Waals surface area (Å²) in [6.07, 6.45) is 3.29. The predicted molar refractivity (Wildman–Crippen MR) is 62.8 cm³/mol. The summed E-state index contributed by atoms with van der Waals surface area (Å²) in [5.41, 5.74) is 2.06. The first-order chi connectivity index (χ1) is 7.26. The lowest BCUT2D eigenvalue weighted by Crippen LogP contribution is -2.31. The van der Waals surface area contributed by atoms with Crippen LogP contribution in [-0.2, 0) is 6.42 Å².